The summed E-state index contributed by atoms with van der Waals surface area (Å²) in [5.41, 5.74) is 8.51. The highest BCUT2D eigenvalue weighted by Crippen LogP contribution is 2.22. The van der Waals surface area contributed by atoms with E-state index >= 15 is 0 Å². The highest BCUT2D eigenvalue weighted by atomic mass is 16.4. The Bertz CT molecular complexity index is 510. The van der Waals surface area contributed by atoms with E-state index in [9.17, 15) is 4.79 Å². The standard InChI is InChI=1S/C12H12N2O2/c1-7-3-4-9(11(14)8(7)2)5-10(6-13)12(15)16/h3-5H,14H2,1-2H3,(H,15,16). The molecule has 1 rings (SSSR count). The molecule has 3 N–H and O–H groups in total. The van der Waals surface area contributed by atoms with E-state index in [0.29, 0.717) is 11.3 Å². The smallest absolute Gasteiger partial charge is 0.346 e. The minimum atomic E-state index is -1.25. The van der Waals surface area contributed by atoms with E-state index in [0.717, 1.165) is 11.1 Å². The van der Waals surface area contributed by atoms with Gasteiger partial charge in [-0.2, -0.15) is 5.26 Å². The number of carboxylic acids is 1. The fourth-order valence-corrected chi connectivity index (χ4v) is 1.28. The second-order valence-corrected chi connectivity index (χ2v) is 3.49. The minimum Gasteiger partial charge on any atom is -0.477 e. The Kier molecular flexibility index (Phi) is 3.31. The zero-order chi connectivity index (χ0) is 12.3. The summed E-state index contributed by atoms with van der Waals surface area (Å²) in [5.74, 6) is -1.25. The van der Waals surface area contributed by atoms with Crippen LogP contribution in [-0.2, 0) is 4.79 Å². The predicted molar refractivity (Wildman–Crippen MR) is 61.6 cm³/mol. The van der Waals surface area contributed by atoms with Crippen molar-refractivity contribution in [2.24, 2.45) is 0 Å². The van der Waals surface area contributed by atoms with Gasteiger partial charge in [0.2, 0.25) is 0 Å². The molecule has 0 spiro atoms. The summed E-state index contributed by atoms with van der Waals surface area (Å²) >= 11 is 0. The van der Waals surface area contributed by atoms with Crippen molar-refractivity contribution in [3.8, 4) is 6.07 Å². The number of aryl methyl sites for hydroxylation is 1. The topological polar surface area (TPSA) is 87.1 Å². The number of rotatable bonds is 2. The number of nitriles is 1. The molecule has 0 heterocycles. The van der Waals surface area contributed by atoms with Crippen LogP contribution in [0.3, 0.4) is 0 Å². The van der Waals surface area contributed by atoms with E-state index in [4.69, 9.17) is 16.1 Å². The number of carboxylic acid groups (broad SMARTS) is 1. The van der Waals surface area contributed by atoms with Gasteiger partial charge in [-0.25, -0.2) is 4.79 Å². The Morgan fingerprint density at radius 1 is 1.50 bits per heavy atom. The average Bonchev–Trinajstić information content (AvgIpc) is 2.25. The second kappa shape index (κ2) is 4.49. The van der Waals surface area contributed by atoms with Crippen molar-refractivity contribution in [3.05, 3.63) is 34.4 Å². The lowest BCUT2D eigenvalue weighted by Crippen LogP contribution is -2.00. The molecular weight excluding hydrogens is 204 g/mol. The van der Waals surface area contributed by atoms with E-state index in [1.54, 1.807) is 12.1 Å². The molecule has 0 radical (unpaired) electrons. The van der Waals surface area contributed by atoms with Crippen LogP contribution in [0.4, 0.5) is 5.69 Å². The molecule has 16 heavy (non-hydrogen) atoms. The molecule has 1 aromatic rings. The first kappa shape index (κ1) is 11.8. The van der Waals surface area contributed by atoms with Gasteiger partial charge in [-0.1, -0.05) is 12.1 Å². The lowest BCUT2D eigenvalue weighted by molar-refractivity contribution is -0.132. The number of hydrogen-bond acceptors (Lipinski definition) is 3. The number of aliphatic carboxylic acids is 1. The molecule has 0 aliphatic rings. The van der Waals surface area contributed by atoms with Crippen LogP contribution in [0.2, 0.25) is 0 Å². The summed E-state index contributed by atoms with van der Waals surface area (Å²) in [6.45, 7) is 3.77. The zero-order valence-corrected chi connectivity index (χ0v) is 9.11. The van der Waals surface area contributed by atoms with Gasteiger partial charge in [-0.3, -0.25) is 0 Å². The van der Waals surface area contributed by atoms with Gasteiger partial charge in [0, 0.05) is 5.69 Å². The molecule has 4 heteroatoms. The van der Waals surface area contributed by atoms with E-state index < -0.39 is 5.97 Å². The van der Waals surface area contributed by atoms with Crippen molar-refractivity contribution >= 4 is 17.7 Å². The molecule has 0 unspecified atom stereocenters. The number of hydrogen-bond donors (Lipinski definition) is 2. The van der Waals surface area contributed by atoms with E-state index in [-0.39, 0.29) is 5.57 Å². The lowest BCUT2D eigenvalue weighted by atomic mass is 10.0. The third kappa shape index (κ3) is 2.20. The largest absolute Gasteiger partial charge is 0.477 e. The van der Waals surface area contributed by atoms with E-state index in [1.807, 2.05) is 19.9 Å². The second-order valence-electron chi connectivity index (χ2n) is 3.49. The molecule has 0 saturated carbocycles. The van der Waals surface area contributed by atoms with Gasteiger partial charge in [-0.15, -0.1) is 0 Å². The van der Waals surface area contributed by atoms with Crippen molar-refractivity contribution in [2.75, 3.05) is 5.73 Å². The van der Waals surface area contributed by atoms with Gasteiger partial charge in [0.15, 0.2) is 0 Å². The molecule has 4 nitrogen and oxygen atoms in total. The number of carbonyl (C=O) groups is 1. The first-order valence-electron chi connectivity index (χ1n) is 4.68. The van der Waals surface area contributed by atoms with Crippen LogP contribution in [0.1, 0.15) is 16.7 Å². The van der Waals surface area contributed by atoms with Crippen LogP contribution >= 0.6 is 0 Å². The summed E-state index contributed by atoms with van der Waals surface area (Å²) in [6.07, 6.45) is 1.28. The SMILES string of the molecule is Cc1ccc(C=C(C#N)C(=O)O)c(N)c1C. The Morgan fingerprint density at radius 3 is 2.62 bits per heavy atom. The summed E-state index contributed by atoms with van der Waals surface area (Å²) in [5, 5.41) is 17.4. The third-order valence-electron chi connectivity index (χ3n) is 2.47. The number of nitrogens with zero attached hydrogens (tertiary/aromatic N) is 1. The van der Waals surface area contributed by atoms with Crippen LogP contribution < -0.4 is 5.73 Å². The molecule has 0 aromatic heterocycles. The Hall–Kier alpha value is -2.28. The summed E-state index contributed by atoms with van der Waals surface area (Å²) in [7, 11) is 0. The minimum absolute atomic E-state index is 0.324. The molecule has 0 aliphatic carbocycles. The molecule has 0 aliphatic heterocycles. The van der Waals surface area contributed by atoms with Gasteiger partial charge in [-0.05, 0) is 36.6 Å². The van der Waals surface area contributed by atoms with E-state index in [1.165, 1.54) is 6.08 Å². The molecule has 82 valence electrons. The van der Waals surface area contributed by atoms with Gasteiger partial charge < -0.3 is 10.8 Å². The van der Waals surface area contributed by atoms with Crippen molar-refractivity contribution in [3.63, 3.8) is 0 Å². The highest BCUT2D eigenvalue weighted by Gasteiger charge is 2.08. The van der Waals surface area contributed by atoms with Crippen LogP contribution in [0.15, 0.2) is 17.7 Å². The fraction of sp³-hybridized carbons (Fsp3) is 0.167. The van der Waals surface area contributed by atoms with Gasteiger partial charge in [0.05, 0.1) is 0 Å². The van der Waals surface area contributed by atoms with Crippen LogP contribution in [-0.4, -0.2) is 11.1 Å². The van der Waals surface area contributed by atoms with Gasteiger partial charge in [0.1, 0.15) is 11.6 Å². The first-order chi connectivity index (χ1) is 7.47. The predicted octanol–water partition coefficient (Wildman–Crippen LogP) is 1.88. The summed E-state index contributed by atoms with van der Waals surface area (Å²) in [6, 6.07) is 5.17. The van der Waals surface area contributed by atoms with Crippen molar-refractivity contribution < 1.29 is 9.90 Å². The molecule has 0 saturated heterocycles. The summed E-state index contributed by atoms with van der Waals surface area (Å²) in [4.78, 5) is 10.7. The maximum absolute atomic E-state index is 10.7. The highest BCUT2D eigenvalue weighted by molar-refractivity contribution is 5.97. The zero-order valence-electron chi connectivity index (χ0n) is 9.11. The Balaban J connectivity index is 3.32. The first-order valence-corrected chi connectivity index (χ1v) is 4.68. The summed E-state index contributed by atoms with van der Waals surface area (Å²) < 4.78 is 0. The molecule has 0 fully saturated rings. The Morgan fingerprint density at radius 2 is 2.12 bits per heavy atom. The maximum Gasteiger partial charge on any atom is 0.346 e. The van der Waals surface area contributed by atoms with Gasteiger partial charge >= 0.3 is 5.97 Å². The number of benzene rings is 1. The van der Waals surface area contributed by atoms with Crippen LogP contribution in [0, 0.1) is 25.2 Å². The third-order valence-corrected chi connectivity index (χ3v) is 2.47. The van der Waals surface area contributed by atoms with E-state index in [2.05, 4.69) is 0 Å². The molecule has 0 amide bonds. The molecule has 0 atom stereocenters. The average molecular weight is 216 g/mol. The molecular formula is C12H12N2O2. The van der Waals surface area contributed by atoms with Crippen molar-refractivity contribution in [1.82, 2.24) is 0 Å². The monoisotopic (exact) mass is 216 g/mol. The number of nitrogen functional groups attached to an aromatic ring is 1. The van der Waals surface area contributed by atoms with Crippen LogP contribution in [0.25, 0.3) is 6.08 Å². The molecule has 0 bridgehead atoms. The van der Waals surface area contributed by atoms with Crippen molar-refractivity contribution in [1.29, 1.82) is 5.26 Å². The number of anilines is 1. The lowest BCUT2D eigenvalue weighted by Gasteiger charge is -2.07. The Labute approximate surface area is 93.6 Å². The number of nitrogens with two attached hydrogens (primary N) is 1. The van der Waals surface area contributed by atoms with Gasteiger partial charge in [0.25, 0.3) is 0 Å². The normalized spacial score (nSPS) is 10.9. The quantitative estimate of drug-likeness (QED) is 0.449. The van der Waals surface area contributed by atoms with Crippen LogP contribution in [0.5, 0.6) is 0 Å². The maximum atomic E-state index is 10.7. The fourth-order valence-electron chi connectivity index (χ4n) is 1.28. The van der Waals surface area contributed by atoms with Crippen molar-refractivity contribution in [2.45, 2.75) is 13.8 Å². The molecule has 1 aromatic carbocycles.